The highest BCUT2D eigenvalue weighted by Gasteiger charge is 2.29. The van der Waals surface area contributed by atoms with Gasteiger partial charge in [0.1, 0.15) is 11.3 Å². The summed E-state index contributed by atoms with van der Waals surface area (Å²) in [5.74, 6) is -7.86. The van der Waals surface area contributed by atoms with Crippen LogP contribution in [0.25, 0.3) is 0 Å². The lowest BCUT2D eigenvalue weighted by atomic mass is 10.1. The normalized spacial score (nSPS) is 11.0. The second-order valence-corrected chi connectivity index (χ2v) is 5.79. The lowest BCUT2D eigenvalue weighted by Gasteiger charge is -2.11. The third-order valence-corrected chi connectivity index (χ3v) is 3.53. The highest BCUT2D eigenvalue weighted by Crippen LogP contribution is 2.26. The van der Waals surface area contributed by atoms with Crippen molar-refractivity contribution in [3.63, 3.8) is 0 Å². The lowest BCUT2D eigenvalue weighted by molar-refractivity contribution is -0.385. The zero-order chi connectivity index (χ0) is 23.3. The Morgan fingerprint density at radius 2 is 1.74 bits per heavy atom. The van der Waals surface area contributed by atoms with Gasteiger partial charge in [-0.1, -0.05) is 0 Å². The van der Waals surface area contributed by atoms with Gasteiger partial charge in [0.25, 0.3) is 11.6 Å². The number of rotatable bonds is 7. The molecule has 0 heterocycles. The summed E-state index contributed by atoms with van der Waals surface area (Å²) in [4.78, 5) is 34.1. The maximum Gasteiger partial charge on any atom is 0.422 e. The first-order valence-electron chi connectivity index (χ1n) is 8.08. The first-order valence-corrected chi connectivity index (χ1v) is 8.08. The molecule has 166 valence electrons. The monoisotopic (exact) mass is 451 g/mol. The van der Waals surface area contributed by atoms with Crippen molar-refractivity contribution in [3.05, 3.63) is 63.5 Å². The Balaban J connectivity index is 2.10. The number of hydrogen-bond donors (Lipinski definition) is 2. The highest BCUT2D eigenvalue weighted by atomic mass is 19.4. The maximum absolute atomic E-state index is 13.5. The topological polar surface area (TPSA) is 111 Å². The van der Waals surface area contributed by atoms with Crippen LogP contribution in [0.2, 0.25) is 0 Å². The molecule has 0 saturated heterocycles. The molecule has 2 aromatic rings. The van der Waals surface area contributed by atoms with Crippen LogP contribution in [0.4, 0.5) is 37.7 Å². The van der Waals surface area contributed by atoms with E-state index in [1.54, 1.807) is 0 Å². The molecule has 14 heteroatoms. The van der Waals surface area contributed by atoms with E-state index in [0.29, 0.717) is 12.1 Å². The van der Waals surface area contributed by atoms with E-state index in [4.69, 9.17) is 0 Å². The number of ether oxygens (including phenoxy) is 1. The van der Waals surface area contributed by atoms with Crippen molar-refractivity contribution in [2.24, 2.45) is 0 Å². The molecule has 31 heavy (non-hydrogen) atoms. The van der Waals surface area contributed by atoms with Crippen LogP contribution in [-0.2, 0) is 4.79 Å². The van der Waals surface area contributed by atoms with Gasteiger partial charge in [-0.15, -0.1) is 0 Å². The average molecular weight is 451 g/mol. The van der Waals surface area contributed by atoms with Gasteiger partial charge in [0.15, 0.2) is 24.1 Å². The van der Waals surface area contributed by atoms with Crippen LogP contribution in [0, 0.1) is 27.6 Å². The second-order valence-electron chi connectivity index (χ2n) is 5.79. The summed E-state index contributed by atoms with van der Waals surface area (Å²) in [5.41, 5.74) is -2.23. The molecule has 8 nitrogen and oxygen atoms in total. The molecule has 0 aliphatic rings. The van der Waals surface area contributed by atoms with Crippen molar-refractivity contribution < 1.29 is 45.6 Å². The number of anilines is 1. The largest absolute Gasteiger partial charge is 0.484 e. The zero-order valence-corrected chi connectivity index (χ0v) is 15.1. The van der Waals surface area contributed by atoms with Crippen LogP contribution in [0.5, 0.6) is 5.75 Å². The summed E-state index contributed by atoms with van der Waals surface area (Å²) in [5, 5.41) is 14.8. The van der Waals surface area contributed by atoms with Gasteiger partial charge in [-0.05, 0) is 24.3 Å². The highest BCUT2D eigenvalue weighted by molar-refractivity contribution is 6.02. The number of carbonyl (C=O) groups is 2. The second kappa shape index (κ2) is 9.32. The molecule has 2 aromatic carbocycles. The van der Waals surface area contributed by atoms with Crippen molar-refractivity contribution >= 4 is 23.2 Å². The molecule has 2 amide bonds. The molecule has 0 radical (unpaired) electrons. The van der Waals surface area contributed by atoms with E-state index in [1.165, 1.54) is 0 Å². The third-order valence-electron chi connectivity index (χ3n) is 3.53. The number of nitro groups is 1. The van der Waals surface area contributed by atoms with Crippen molar-refractivity contribution in [2.75, 3.05) is 18.5 Å². The van der Waals surface area contributed by atoms with E-state index < -0.39 is 76.2 Å². The van der Waals surface area contributed by atoms with E-state index >= 15 is 0 Å². The molecule has 0 aromatic heterocycles. The number of carbonyl (C=O) groups excluding carboxylic acids is 2. The number of halogens is 6. The SMILES string of the molecule is O=C(CNC(=O)c1cc(OCC(F)(F)F)ccc1[N+](=O)[O-])Nc1ccc(F)c(F)c1F. The van der Waals surface area contributed by atoms with Gasteiger partial charge in [0.05, 0.1) is 17.2 Å². The van der Waals surface area contributed by atoms with Crippen LogP contribution in [0.1, 0.15) is 10.4 Å². The molecule has 2 N–H and O–H groups in total. The Kier molecular flexibility index (Phi) is 7.04. The minimum atomic E-state index is -4.70. The molecular formula is C17H11F6N3O5. The van der Waals surface area contributed by atoms with Crippen LogP contribution in [0.15, 0.2) is 30.3 Å². The summed E-state index contributed by atoms with van der Waals surface area (Å²) >= 11 is 0. The van der Waals surface area contributed by atoms with Crippen LogP contribution >= 0.6 is 0 Å². The smallest absolute Gasteiger partial charge is 0.422 e. The summed E-state index contributed by atoms with van der Waals surface area (Å²) in [6.07, 6.45) is -4.70. The average Bonchev–Trinajstić information content (AvgIpc) is 2.70. The maximum atomic E-state index is 13.5. The van der Waals surface area contributed by atoms with Gasteiger partial charge < -0.3 is 15.4 Å². The van der Waals surface area contributed by atoms with Gasteiger partial charge in [0.2, 0.25) is 5.91 Å². The molecule has 0 saturated carbocycles. The number of nitrogens with one attached hydrogen (secondary N) is 2. The van der Waals surface area contributed by atoms with E-state index in [2.05, 4.69) is 4.74 Å². The van der Waals surface area contributed by atoms with Crippen molar-refractivity contribution in [3.8, 4) is 5.75 Å². The molecular weight excluding hydrogens is 440 g/mol. The molecule has 0 aliphatic heterocycles. The van der Waals surface area contributed by atoms with Crippen molar-refractivity contribution in [1.82, 2.24) is 5.32 Å². The molecule has 0 fully saturated rings. The Bertz CT molecular complexity index is 1030. The van der Waals surface area contributed by atoms with Gasteiger partial charge in [-0.3, -0.25) is 19.7 Å². The van der Waals surface area contributed by atoms with Crippen molar-refractivity contribution in [2.45, 2.75) is 6.18 Å². The minimum Gasteiger partial charge on any atom is -0.484 e. The standard InChI is InChI=1S/C17H11F6N3O5/c18-10-2-3-11(15(20)14(10)19)25-13(27)6-24-16(28)9-5-8(31-7-17(21,22)23)1-4-12(9)26(29)30/h1-5H,6-7H2,(H,24,28)(H,25,27). The molecule has 0 spiro atoms. The molecule has 0 unspecified atom stereocenters. The fourth-order valence-electron chi connectivity index (χ4n) is 2.18. The quantitative estimate of drug-likeness (QED) is 0.291. The number of hydrogen-bond acceptors (Lipinski definition) is 5. The fraction of sp³-hybridized carbons (Fsp3) is 0.176. The van der Waals surface area contributed by atoms with E-state index in [9.17, 15) is 46.0 Å². The number of amides is 2. The van der Waals surface area contributed by atoms with Gasteiger partial charge in [0, 0.05) is 6.07 Å². The fourth-order valence-corrected chi connectivity index (χ4v) is 2.18. The van der Waals surface area contributed by atoms with Gasteiger partial charge in [-0.25, -0.2) is 13.2 Å². The Morgan fingerprint density at radius 1 is 1.06 bits per heavy atom. The third kappa shape index (κ3) is 6.32. The van der Waals surface area contributed by atoms with Crippen LogP contribution < -0.4 is 15.4 Å². The minimum absolute atomic E-state index is 0.499. The van der Waals surface area contributed by atoms with Gasteiger partial charge in [-0.2, -0.15) is 13.2 Å². The molecule has 0 aliphatic carbocycles. The summed E-state index contributed by atoms with van der Waals surface area (Å²) in [6, 6.07) is 3.52. The van der Waals surface area contributed by atoms with Crippen LogP contribution in [-0.4, -0.2) is 36.1 Å². The van der Waals surface area contributed by atoms with Crippen molar-refractivity contribution in [1.29, 1.82) is 0 Å². The molecule has 0 bridgehead atoms. The van der Waals surface area contributed by atoms with Gasteiger partial charge >= 0.3 is 6.18 Å². The van der Waals surface area contributed by atoms with E-state index in [0.717, 1.165) is 18.2 Å². The zero-order valence-electron chi connectivity index (χ0n) is 15.1. The predicted molar refractivity (Wildman–Crippen MR) is 91.9 cm³/mol. The first kappa shape index (κ1) is 23.4. The number of nitro benzene ring substituents is 1. The summed E-state index contributed by atoms with van der Waals surface area (Å²) in [6.45, 7) is -2.60. The summed E-state index contributed by atoms with van der Waals surface area (Å²) in [7, 11) is 0. The number of benzene rings is 2. The van der Waals surface area contributed by atoms with E-state index in [1.807, 2.05) is 10.6 Å². The predicted octanol–water partition coefficient (Wildman–Crippen LogP) is 3.32. The lowest BCUT2D eigenvalue weighted by Crippen LogP contribution is -2.33. The Labute approximate surface area is 168 Å². The Morgan fingerprint density at radius 3 is 2.35 bits per heavy atom. The first-order chi connectivity index (χ1) is 14.4. The number of alkyl halides is 3. The molecule has 2 rings (SSSR count). The molecule has 0 atom stereocenters. The Hall–Kier alpha value is -3.84. The number of nitrogens with zero attached hydrogens (tertiary/aromatic N) is 1. The summed E-state index contributed by atoms with van der Waals surface area (Å²) < 4.78 is 80.7. The van der Waals surface area contributed by atoms with Crippen LogP contribution in [0.3, 0.4) is 0 Å². The van der Waals surface area contributed by atoms with E-state index in [-0.39, 0.29) is 0 Å².